The van der Waals surface area contributed by atoms with Gasteiger partial charge in [0.25, 0.3) is 0 Å². The Hall–Kier alpha value is -1.59. The Morgan fingerprint density at radius 2 is 1.20 bits per heavy atom. The molecule has 0 amide bonds. The third-order valence-corrected chi connectivity index (χ3v) is 3.72. The van der Waals surface area contributed by atoms with Gasteiger partial charge in [-0.05, 0) is 24.3 Å². The first-order chi connectivity index (χ1) is 9.72. The second-order valence-electron chi connectivity index (χ2n) is 4.15. The van der Waals surface area contributed by atoms with Crippen LogP contribution in [0.25, 0.3) is 22.8 Å². The lowest BCUT2D eigenvalue weighted by atomic mass is 10.2. The van der Waals surface area contributed by atoms with Crippen LogP contribution >= 0.6 is 31.9 Å². The van der Waals surface area contributed by atoms with Crippen molar-refractivity contribution in [3.8, 4) is 22.8 Å². The minimum absolute atomic E-state index is 0.663. The Morgan fingerprint density at radius 1 is 0.700 bits per heavy atom. The monoisotopic (exact) mass is 389 g/mol. The highest BCUT2D eigenvalue weighted by Gasteiger charge is 2.06. The summed E-state index contributed by atoms with van der Waals surface area (Å²) in [6.07, 6.45) is 1.54. The lowest BCUT2D eigenvalue weighted by Crippen LogP contribution is -1.95. The lowest BCUT2D eigenvalue weighted by Gasteiger charge is -2.04. The predicted molar refractivity (Wildman–Crippen MR) is 86.1 cm³/mol. The van der Waals surface area contributed by atoms with Gasteiger partial charge in [-0.2, -0.15) is 0 Å². The van der Waals surface area contributed by atoms with Crippen LogP contribution in [0.1, 0.15) is 0 Å². The van der Waals surface area contributed by atoms with Gasteiger partial charge in [0.1, 0.15) is 6.33 Å². The van der Waals surface area contributed by atoms with E-state index >= 15 is 0 Å². The molecule has 0 spiro atoms. The zero-order valence-electron chi connectivity index (χ0n) is 10.3. The molecule has 98 valence electrons. The SMILES string of the molecule is Brc1cccc(-c2ncnc(-c3cccc(Br)c3)n2)c1. The lowest BCUT2D eigenvalue weighted by molar-refractivity contribution is 1.06. The normalized spacial score (nSPS) is 10.5. The van der Waals surface area contributed by atoms with E-state index < -0.39 is 0 Å². The molecule has 1 aromatic heterocycles. The van der Waals surface area contributed by atoms with E-state index in [0.717, 1.165) is 20.1 Å². The first kappa shape index (κ1) is 13.4. The summed E-state index contributed by atoms with van der Waals surface area (Å²) in [4.78, 5) is 13.0. The van der Waals surface area contributed by atoms with E-state index in [2.05, 4.69) is 46.8 Å². The Morgan fingerprint density at radius 3 is 1.65 bits per heavy atom. The van der Waals surface area contributed by atoms with Crippen molar-refractivity contribution in [2.45, 2.75) is 0 Å². The zero-order valence-corrected chi connectivity index (χ0v) is 13.5. The van der Waals surface area contributed by atoms with E-state index in [1.54, 1.807) is 6.33 Å². The van der Waals surface area contributed by atoms with Crippen molar-refractivity contribution in [2.75, 3.05) is 0 Å². The maximum absolute atomic E-state index is 4.53. The van der Waals surface area contributed by atoms with Gasteiger partial charge in [0.15, 0.2) is 11.6 Å². The number of hydrogen-bond acceptors (Lipinski definition) is 3. The van der Waals surface area contributed by atoms with E-state index in [-0.39, 0.29) is 0 Å². The van der Waals surface area contributed by atoms with Gasteiger partial charge in [-0.15, -0.1) is 0 Å². The van der Waals surface area contributed by atoms with Crippen molar-refractivity contribution in [3.63, 3.8) is 0 Å². The summed E-state index contributed by atoms with van der Waals surface area (Å²) >= 11 is 6.91. The van der Waals surface area contributed by atoms with Gasteiger partial charge in [-0.1, -0.05) is 56.1 Å². The van der Waals surface area contributed by atoms with E-state index in [4.69, 9.17) is 0 Å². The topological polar surface area (TPSA) is 38.7 Å². The van der Waals surface area contributed by atoms with Gasteiger partial charge in [-0.25, -0.2) is 15.0 Å². The first-order valence-electron chi connectivity index (χ1n) is 5.93. The Balaban J connectivity index is 2.06. The smallest absolute Gasteiger partial charge is 0.163 e. The summed E-state index contributed by atoms with van der Waals surface area (Å²) in [6, 6.07) is 15.8. The summed E-state index contributed by atoms with van der Waals surface area (Å²) in [5.74, 6) is 1.33. The van der Waals surface area contributed by atoms with Crippen LogP contribution in [0.15, 0.2) is 63.8 Å². The van der Waals surface area contributed by atoms with Crippen molar-refractivity contribution >= 4 is 31.9 Å². The largest absolute Gasteiger partial charge is 0.217 e. The molecule has 0 saturated carbocycles. The van der Waals surface area contributed by atoms with Crippen molar-refractivity contribution in [2.24, 2.45) is 0 Å². The Kier molecular flexibility index (Phi) is 3.89. The third kappa shape index (κ3) is 2.94. The minimum atomic E-state index is 0.663. The molecule has 0 aliphatic carbocycles. The highest BCUT2D eigenvalue weighted by atomic mass is 79.9. The summed E-state index contributed by atoms with van der Waals surface area (Å²) in [7, 11) is 0. The van der Waals surface area contributed by atoms with Crippen molar-refractivity contribution < 1.29 is 0 Å². The molecule has 0 aliphatic rings. The first-order valence-corrected chi connectivity index (χ1v) is 7.52. The molecule has 2 aromatic carbocycles. The minimum Gasteiger partial charge on any atom is -0.217 e. The van der Waals surface area contributed by atoms with Gasteiger partial charge in [0.05, 0.1) is 0 Å². The fraction of sp³-hybridized carbons (Fsp3) is 0. The highest BCUT2D eigenvalue weighted by molar-refractivity contribution is 9.10. The summed E-state index contributed by atoms with van der Waals surface area (Å²) < 4.78 is 2.00. The number of aromatic nitrogens is 3. The molecule has 0 saturated heterocycles. The van der Waals surface area contributed by atoms with Crippen LogP contribution in [0.3, 0.4) is 0 Å². The molecular weight excluding hydrogens is 382 g/mol. The van der Waals surface area contributed by atoms with Crippen molar-refractivity contribution in [1.29, 1.82) is 0 Å². The maximum Gasteiger partial charge on any atom is 0.163 e. The van der Waals surface area contributed by atoms with Gasteiger partial charge >= 0.3 is 0 Å². The zero-order chi connectivity index (χ0) is 13.9. The molecule has 1 heterocycles. The molecule has 0 fully saturated rings. The molecule has 3 nitrogen and oxygen atoms in total. The summed E-state index contributed by atoms with van der Waals surface area (Å²) in [6.45, 7) is 0. The van der Waals surface area contributed by atoms with E-state index in [1.807, 2.05) is 48.5 Å². The van der Waals surface area contributed by atoms with E-state index in [1.165, 1.54) is 0 Å². The average Bonchev–Trinajstić information content (AvgIpc) is 2.47. The number of nitrogens with zero attached hydrogens (tertiary/aromatic N) is 3. The number of rotatable bonds is 2. The number of hydrogen-bond donors (Lipinski definition) is 0. The summed E-state index contributed by atoms with van der Waals surface area (Å²) in [5, 5.41) is 0. The van der Waals surface area contributed by atoms with Crippen LogP contribution in [-0.4, -0.2) is 15.0 Å². The van der Waals surface area contributed by atoms with Gasteiger partial charge in [-0.3, -0.25) is 0 Å². The van der Waals surface area contributed by atoms with E-state index in [0.29, 0.717) is 11.6 Å². The number of halogens is 2. The highest BCUT2D eigenvalue weighted by Crippen LogP contribution is 2.23. The quantitative estimate of drug-likeness (QED) is 0.634. The van der Waals surface area contributed by atoms with Crippen molar-refractivity contribution in [1.82, 2.24) is 15.0 Å². The Labute approximate surface area is 133 Å². The number of benzene rings is 2. The predicted octanol–water partition coefficient (Wildman–Crippen LogP) is 4.73. The second-order valence-corrected chi connectivity index (χ2v) is 5.98. The molecule has 0 unspecified atom stereocenters. The van der Waals surface area contributed by atoms with Crippen LogP contribution < -0.4 is 0 Å². The van der Waals surface area contributed by atoms with Crippen LogP contribution in [0.2, 0.25) is 0 Å². The van der Waals surface area contributed by atoms with Crippen LogP contribution in [0, 0.1) is 0 Å². The molecule has 0 bridgehead atoms. The van der Waals surface area contributed by atoms with E-state index in [9.17, 15) is 0 Å². The van der Waals surface area contributed by atoms with Crippen LogP contribution in [0.4, 0.5) is 0 Å². The average molecular weight is 391 g/mol. The van der Waals surface area contributed by atoms with Crippen molar-refractivity contribution in [3.05, 3.63) is 63.8 Å². The van der Waals surface area contributed by atoms with Gasteiger partial charge < -0.3 is 0 Å². The van der Waals surface area contributed by atoms with Gasteiger partial charge in [0.2, 0.25) is 0 Å². The molecule has 0 N–H and O–H groups in total. The third-order valence-electron chi connectivity index (χ3n) is 2.74. The molecule has 3 rings (SSSR count). The molecule has 5 heteroatoms. The van der Waals surface area contributed by atoms with Gasteiger partial charge in [0, 0.05) is 20.1 Å². The van der Waals surface area contributed by atoms with Crippen LogP contribution in [-0.2, 0) is 0 Å². The molecule has 0 aliphatic heterocycles. The standard InChI is InChI=1S/C15H9Br2N3/c16-12-5-1-3-10(7-12)14-18-9-19-15(20-14)11-4-2-6-13(17)8-11/h1-9H. The fourth-order valence-corrected chi connectivity index (χ4v) is 2.63. The Bertz CT molecular complexity index is 699. The maximum atomic E-state index is 4.53. The molecule has 0 radical (unpaired) electrons. The fourth-order valence-electron chi connectivity index (χ4n) is 1.83. The molecule has 0 atom stereocenters. The molecule has 3 aromatic rings. The molecule has 20 heavy (non-hydrogen) atoms. The second kappa shape index (κ2) is 5.81. The molecular formula is C15H9Br2N3. The summed E-state index contributed by atoms with van der Waals surface area (Å²) in [5.41, 5.74) is 1.91. The van der Waals surface area contributed by atoms with Crippen LogP contribution in [0.5, 0.6) is 0 Å².